The molecule has 0 unspecified atom stereocenters. The lowest BCUT2D eigenvalue weighted by Gasteiger charge is -2.07. The van der Waals surface area contributed by atoms with E-state index < -0.39 is 0 Å². The summed E-state index contributed by atoms with van der Waals surface area (Å²) in [5.41, 5.74) is 0.943. The molecule has 0 saturated heterocycles. The van der Waals surface area contributed by atoms with Crippen molar-refractivity contribution in [3.05, 3.63) is 42.4 Å². The van der Waals surface area contributed by atoms with E-state index in [1.165, 1.54) is 7.11 Å². The van der Waals surface area contributed by atoms with Gasteiger partial charge in [-0.2, -0.15) is 0 Å². The summed E-state index contributed by atoms with van der Waals surface area (Å²) in [6.45, 7) is 0.358. The van der Waals surface area contributed by atoms with E-state index in [1.807, 2.05) is 30.3 Å². The highest BCUT2D eigenvalue weighted by Gasteiger charge is 1.95. The van der Waals surface area contributed by atoms with Gasteiger partial charge in [-0.3, -0.25) is 0 Å². The second-order valence-electron chi connectivity index (χ2n) is 2.50. The van der Waals surface area contributed by atoms with Crippen molar-refractivity contribution in [1.29, 1.82) is 0 Å². The second-order valence-corrected chi connectivity index (χ2v) is 2.50. The fourth-order valence-electron chi connectivity index (χ4n) is 0.900. The Balaban J connectivity index is 0.00000169. The van der Waals surface area contributed by atoms with Crippen molar-refractivity contribution in [3.8, 4) is 0 Å². The van der Waals surface area contributed by atoms with Gasteiger partial charge in [-0.05, 0) is 12.1 Å². The third kappa shape index (κ3) is 4.14. The molecule has 14 heavy (non-hydrogen) atoms. The Hall–Kier alpha value is -1.22. The maximum Gasteiger partial charge on any atom is 0.143 e. The van der Waals surface area contributed by atoms with E-state index in [-0.39, 0.29) is 18.2 Å². The summed E-state index contributed by atoms with van der Waals surface area (Å²) < 4.78 is 16.8. The van der Waals surface area contributed by atoms with Crippen molar-refractivity contribution in [1.82, 2.24) is 0 Å². The molecule has 0 fully saturated rings. The van der Waals surface area contributed by atoms with E-state index in [2.05, 4.69) is 5.32 Å². The Morgan fingerprint density at radius 2 is 2.07 bits per heavy atom. The van der Waals surface area contributed by atoms with E-state index in [4.69, 9.17) is 4.74 Å². The fraction of sp³-hybridized carbons (Fsp3) is 0.200. The first-order valence-corrected chi connectivity index (χ1v) is 3.99. The van der Waals surface area contributed by atoms with E-state index in [1.54, 1.807) is 0 Å². The topological polar surface area (TPSA) is 21.3 Å². The van der Waals surface area contributed by atoms with Crippen LogP contribution in [0.4, 0.5) is 10.1 Å². The van der Waals surface area contributed by atoms with Crippen LogP contribution in [-0.4, -0.2) is 13.7 Å². The molecule has 4 heteroatoms. The van der Waals surface area contributed by atoms with Gasteiger partial charge in [0.05, 0.1) is 13.7 Å². The second kappa shape index (κ2) is 7.21. The summed E-state index contributed by atoms with van der Waals surface area (Å²) in [6, 6.07) is 9.56. The SMILES string of the molecule is COC(=CF)CNc1ccccc1.Cl. The van der Waals surface area contributed by atoms with Crippen LogP contribution >= 0.6 is 12.4 Å². The molecule has 0 radical (unpaired) electrons. The van der Waals surface area contributed by atoms with Crippen LogP contribution in [0.3, 0.4) is 0 Å². The zero-order valence-corrected chi connectivity index (χ0v) is 8.68. The van der Waals surface area contributed by atoms with Gasteiger partial charge < -0.3 is 10.1 Å². The summed E-state index contributed by atoms with van der Waals surface area (Å²) in [7, 11) is 1.44. The molecule has 0 atom stereocenters. The van der Waals surface area contributed by atoms with Crippen molar-refractivity contribution in [2.45, 2.75) is 0 Å². The largest absolute Gasteiger partial charge is 0.497 e. The lowest BCUT2D eigenvalue weighted by atomic mass is 10.3. The van der Waals surface area contributed by atoms with Gasteiger partial charge in [-0.15, -0.1) is 12.4 Å². The summed E-state index contributed by atoms with van der Waals surface area (Å²) in [5, 5.41) is 3.01. The molecule has 0 amide bonds. The zero-order chi connectivity index (χ0) is 9.52. The predicted molar refractivity (Wildman–Crippen MR) is 58.4 cm³/mol. The standard InChI is InChI=1S/C10H12FNO.ClH/c1-13-10(7-11)8-12-9-5-3-2-4-6-9;/h2-7,12H,8H2,1H3;1H. The molecule has 1 aromatic rings. The fourth-order valence-corrected chi connectivity index (χ4v) is 0.900. The van der Waals surface area contributed by atoms with Crippen LogP contribution in [-0.2, 0) is 4.74 Å². The lowest BCUT2D eigenvalue weighted by Crippen LogP contribution is -2.05. The summed E-state index contributed by atoms with van der Waals surface area (Å²) in [6.07, 6.45) is 0.454. The van der Waals surface area contributed by atoms with Crippen LogP contribution in [0, 0.1) is 0 Å². The van der Waals surface area contributed by atoms with Crippen LogP contribution in [0.5, 0.6) is 0 Å². The number of rotatable bonds is 4. The van der Waals surface area contributed by atoms with Crippen LogP contribution in [0.25, 0.3) is 0 Å². The number of nitrogens with one attached hydrogen (secondary N) is 1. The molecule has 1 aromatic carbocycles. The van der Waals surface area contributed by atoms with Gasteiger partial charge in [-0.25, -0.2) is 4.39 Å². The highest BCUT2D eigenvalue weighted by Crippen LogP contribution is 2.06. The molecular formula is C10H13ClFNO. The number of benzene rings is 1. The number of para-hydroxylation sites is 1. The van der Waals surface area contributed by atoms with Gasteiger partial charge in [0, 0.05) is 5.69 Å². The Morgan fingerprint density at radius 1 is 1.43 bits per heavy atom. The smallest absolute Gasteiger partial charge is 0.143 e. The number of halogens is 2. The minimum atomic E-state index is 0. The molecule has 0 aliphatic carbocycles. The molecule has 0 aromatic heterocycles. The first kappa shape index (κ1) is 12.8. The number of methoxy groups -OCH3 is 1. The first-order chi connectivity index (χ1) is 6.36. The summed E-state index contributed by atoms with van der Waals surface area (Å²) in [4.78, 5) is 0. The highest BCUT2D eigenvalue weighted by atomic mass is 35.5. The van der Waals surface area contributed by atoms with E-state index >= 15 is 0 Å². The molecule has 0 saturated carbocycles. The van der Waals surface area contributed by atoms with E-state index in [0.29, 0.717) is 12.9 Å². The predicted octanol–water partition coefficient (Wildman–Crippen LogP) is 2.98. The molecule has 0 aliphatic heterocycles. The maximum atomic E-state index is 12.0. The third-order valence-electron chi connectivity index (χ3n) is 1.62. The molecule has 0 spiro atoms. The molecule has 1 N–H and O–H groups in total. The van der Waals surface area contributed by atoms with Gasteiger partial charge >= 0.3 is 0 Å². The molecule has 0 bridgehead atoms. The summed E-state index contributed by atoms with van der Waals surface area (Å²) in [5.74, 6) is 0.281. The monoisotopic (exact) mass is 217 g/mol. The molecule has 0 aliphatic rings. The van der Waals surface area contributed by atoms with Gasteiger partial charge in [0.1, 0.15) is 12.1 Å². The van der Waals surface area contributed by atoms with Crippen molar-refractivity contribution in [3.63, 3.8) is 0 Å². The highest BCUT2D eigenvalue weighted by molar-refractivity contribution is 5.85. The van der Waals surface area contributed by atoms with Crippen LogP contribution < -0.4 is 5.32 Å². The van der Waals surface area contributed by atoms with Crippen molar-refractivity contribution >= 4 is 18.1 Å². The van der Waals surface area contributed by atoms with Gasteiger partial charge in [-0.1, -0.05) is 18.2 Å². The molecule has 2 nitrogen and oxygen atoms in total. The molecule has 0 heterocycles. The van der Waals surface area contributed by atoms with Crippen molar-refractivity contribution in [2.75, 3.05) is 19.0 Å². The molecule has 1 rings (SSSR count). The normalized spacial score (nSPS) is 10.3. The van der Waals surface area contributed by atoms with Gasteiger partial charge in [0.25, 0.3) is 0 Å². The minimum Gasteiger partial charge on any atom is -0.497 e. The quantitative estimate of drug-likeness (QED) is 0.783. The minimum absolute atomic E-state index is 0. The lowest BCUT2D eigenvalue weighted by molar-refractivity contribution is 0.281. The Morgan fingerprint density at radius 3 is 2.57 bits per heavy atom. The Kier molecular flexibility index (Phi) is 6.58. The third-order valence-corrected chi connectivity index (χ3v) is 1.62. The Bertz CT molecular complexity index is 277. The average Bonchev–Trinajstić information content (AvgIpc) is 2.21. The van der Waals surface area contributed by atoms with Crippen LogP contribution in [0.15, 0.2) is 42.4 Å². The maximum absolute atomic E-state index is 12.0. The van der Waals surface area contributed by atoms with Crippen molar-refractivity contribution in [2.24, 2.45) is 0 Å². The zero-order valence-electron chi connectivity index (χ0n) is 7.87. The van der Waals surface area contributed by atoms with Crippen LogP contribution in [0.2, 0.25) is 0 Å². The average molecular weight is 218 g/mol. The van der Waals surface area contributed by atoms with Crippen molar-refractivity contribution < 1.29 is 9.13 Å². The van der Waals surface area contributed by atoms with Gasteiger partial charge in [0.2, 0.25) is 0 Å². The van der Waals surface area contributed by atoms with Gasteiger partial charge in [0.15, 0.2) is 0 Å². The van der Waals surface area contributed by atoms with E-state index in [0.717, 1.165) is 5.69 Å². The number of anilines is 1. The van der Waals surface area contributed by atoms with E-state index in [9.17, 15) is 4.39 Å². The molecule has 78 valence electrons. The van der Waals surface area contributed by atoms with Crippen LogP contribution in [0.1, 0.15) is 0 Å². The summed E-state index contributed by atoms with van der Waals surface area (Å²) >= 11 is 0. The Labute approximate surface area is 89.2 Å². The molecular weight excluding hydrogens is 205 g/mol. The number of ether oxygens (including phenoxy) is 1. The number of hydrogen-bond donors (Lipinski definition) is 1. The number of hydrogen-bond acceptors (Lipinski definition) is 2. The first-order valence-electron chi connectivity index (χ1n) is 3.99.